The van der Waals surface area contributed by atoms with Crippen molar-refractivity contribution in [1.82, 2.24) is 0 Å². The predicted octanol–water partition coefficient (Wildman–Crippen LogP) is 5.90. The van der Waals surface area contributed by atoms with Gasteiger partial charge >= 0.3 is 0 Å². The Labute approximate surface area is 207 Å². The summed E-state index contributed by atoms with van der Waals surface area (Å²) in [5.41, 5.74) is 5.48. The number of benzene rings is 2. The first-order valence-corrected chi connectivity index (χ1v) is 12.7. The molecule has 2 saturated heterocycles. The number of para-hydroxylation sites is 1. The van der Waals surface area contributed by atoms with E-state index >= 15 is 0 Å². The van der Waals surface area contributed by atoms with Crippen LogP contribution in [0.1, 0.15) is 51.5 Å². The molecule has 3 aliphatic rings. The molecule has 2 amide bonds. The van der Waals surface area contributed by atoms with E-state index in [0.717, 1.165) is 31.2 Å². The summed E-state index contributed by atoms with van der Waals surface area (Å²) in [6, 6.07) is 16.6. The van der Waals surface area contributed by atoms with E-state index in [1.807, 2.05) is 42.5 Å². The van der Waals surface area contributed by atoms with Crippen molar-refractivity contribution in [3.8, 4) is 5.75 Å². The fourth-order valence-electron chi connectivity index (χ4n) is 6.17. The molecule has 5 heteroatoms. The Hall–Kier alpha value is -3.18. The van der Waals surface area contributed by atoms with Gasteiger partial charge in [-0.15, -0.1) is 0 Å². The van der Waals surface area contributed by atoms with Gasteiger partial charge in [0.2, 0.25) is 11.8 Å². The molecular formula is C30H33NO4. The maximum absolute atomic E-state index is 13.6. The summed E-state index contributed by atoms with van der Waals surface area (Å²) in [5, 5.41) is 9.73. The zero-order chi connectivity index (χ0) is 24.5. The van der Waals surface area contributed by atoms with Crippen molar-refractivity contribution in [2.75, 3.05) is 11.5 Å². The topological polar surface area (TPSA) is 66.8 Å². The molecule has 2 aromatic rings. The molecule has 2 heterocycles. The lowest BCUT2D eigenvalue weighted by Crippen LogP contribution is -2.34. The fraction of sp³-hybridized carbons (Fsp3) is 0.400. The first-order valence-electron chi connectivity index (χ1n) is 12.7. The molecule has 5 rings (SSSR count). The number of nitrogens with zero attached hydrogens (tertiary/aromatic N) is 1. The van der Waals surface area contributed by atoms with Crippen molar-refractivity contribution in [3.05, 3.63) is 76.9 Å². The van der Waals surface area contributed by atoms with Gasteiger partial charge in [-0.2, -0.15) is 0 Å². The maximum atomic E-state index is 13.6. The zero-order valence-corrected chi connectivity index (χ0v) is 20.4. The number of allylic oxidation sites excluding steroid dienone is 2. The second-order valence-electron chi connectivity index (χ2n) is 10.0. The van der Waals surface area contributed by atoms with Crippen LogP contribution in [0, 0.1) is 17.8 Å². The number of aromatic hydroxyl groups is 1. The van der Waals surface area contributed by atoms with Crippen LogP contribution in [0.25, 0.3) is 6.08 Å². The molecule has 1 aliphatic carbocycles. The average molecular weight is 472 g/mol. The van der Waals surface area contributed by atoms with Crippen molar-refractivity contribution in [2.24, 2.45) is 17.8 Å². The van der Waals surface area contributed by atoms with E-state index in [1.165, 1.54) is 21.6 Å². The van der Waals surface area contributed by atoms with Crippen LogP contribution in [0.2, 0.25) is 0 Å². The number of fused-ring (bicyclic) bond motifs is 3. The van der Waals surface area contributed by atoms with Crippen LogP contribution in [-0.2, 0) is 14.3 Å². The third-order valence-electron chi connectivity index (χ3n) is 7.66. The van der Waals surface area contributed by atoms with Crippen LogP contribution >= 0.6 is 0 Å². The van der Waals surface area contributed by atoms with Crippen LogP contribution in [0.15, 0.2) is 71.3 Å². The summed E-state index contributed by atoms with van der Waals surface area (Å²) in [5.74, 6) is -0.499. The lowest BCUT2D eigenvalue weighted by atomic mass is 9.68. The van der Waals surface area contributed by atoms with Gasteiger partial charge in [0.25, 0.3) is 0 Å². The minimum absolute atomic E-state index is 0.0105. The molecule has 0 spiro atoms. The van der Waals surface area contributed by atoms with Crippen molar-refractivity contribution < 1.29 is 19.4 Å². The van der Waals surface area contributed by atoms with Crippen LogP contribution in [0.4, 0.5) is 5.69 Å². The normalized spacial score (nSPS) is 26.3. The Kier molecular flexibility index (Phi) is 6.61. The Morgan fingerprint density at radius 3 is 2.63 bits per heavy atom. The monoisotopic (exact) mass is 471 g/mol. The summed E-state index contributed by atoms with van der Waals surface area (Å²) < 4.78 is 6.32. The van der Waals surface area contributed by atoms with Gasteiger partial charge in [0.15, 0.2) is 0 Å². The Bertz CT molecular complexity index is 1180. The minimum Gasteiger partial charge on any atom is -0.508 e. The molecule has 0 aromatic heterocycles. The summed E-state index contributed by atoms with van der Waals surface area (Å²) in [6.07, 6.45) is 6.42. The van der Waals surface area contributed by atoms with E-state index in [4.69, 9.17) is 4.74 Å². The van der Waals surface area contributed by atoms with Gasteiger partial charge in [0.1, 0.15) is 5.75 Å². The van der Waals surface area contributed by atoms with E-state index in [9.17, 15) is 14.7 Å². The minimum atomic E-state index is -0.327. The number of amides is 2. The molecular weight excluding hydrogens is 438 g/mol. The second-order valence-corrected chi connectivity index (χ2v) is 10.0. The predicted molar refractivity (Wildman–Crippen MR) is 137 cm³/mol. The fourth-order valence-corrected chi connectivity index (χ4v) is 6.17. The summed E-state index contributed by atoms with van der Waals surface area (Å²) in [4.78, 5) is 28.4. The molecule has 1 N–H and O–H groups in total. The highest BCUT2D eigenvalue weighted by Crippen LogP contribution is 2.51. The number of phenolic OH excluding ortho intramolecular Hbond substituents is 1. The maximum Gasteiger partial charge on any atom is 0.238 e. The summed E-state index contributed by atoms with van der Waals surface area (Å²) >= 11 is 0. The van der Waals surface area contributed by atoms with Gasteiger partial charge < -0.3 is 9.84 Å². The highest BCUT2D eigenvalue weighted by atomic mass is 16.5. The van der Waals surface area contributed by atoms with Crippen LogP contribution in [0.3, 0.4) is 0 Å². The summed E-state index contributed by atoms with van der Waals surface area (Å²) in [7, 11) is 0. The quantitative estimate of drug-likeness (QED) is 0.403. The van der Waals surface area contributed by atoms with E-state index in [2.05, 4.69) is 19.9 Å². The number of phenols is 1. The molecule has 5 nitrogen and oxygen atoms in total. The largest absolute Gasteiger partial charge is 0.508 e. The van der Waals surface area contributed by atoms with Gasteiger partial charge in [0, 0.05) is 5.92 Å². The number of hydrogen-bond donors (Lipinski definition) is 1. The van der Waals surface area contributed by atoms with E-state index in [-0.39, 0.29) is 41.4 Å². The zero-order valence-electron chi connectivity index (χ0n) is 20.4. The lowest BCUT2D eigenvalue weighted by Gasteiger charge is -2.31. The van der Waals surface area contributed by atoms with E-state index < -0.39 is 0 Å². The smallest absolute Gasteiger partial charge is 0.238 e. The number of anilines is 1. The van der Waals surface area contributed by atoms with Gasteiger partial charge in [0.05, 0.1) is 30.2 Å². The number of carbonyl (C=O) groups is 2. The first kappa shape index (κ1) is 23.6. The third-order valence-corrected chi connectivity index (χ3v) is 7.66. The Morgan fingerprint density at radius 2 is 1.89 bits per heavy atom. The van der Waals surface area contributed by atoms with E-state index in [1.54, 1.807) is 12.1 Å². The molecule has 0 bridgehead atoms. The molecule has 4 atom stereocenters. The number of hydrogen-bond acceptors (Lipinski definition) is 4. The lowest BCUT2D eigenvalue weighted by molar-refractivity contribution is -0.122. The highest BCUT2D eigenvalue weighted by Gasteiger charge is 2.57. The molecule has 0 unspecified atom stereocenters. The van der Waals surface area contributed by atoms with Gasteiger partial charge in [-0.1, -0.05) is 60.9 Å². The Morgan fingerprint density at radius 1 is 1.09 bits per heavy atom. The molecule has 2 aliphatic heterocycles. The highest BCUT2D eigenvalue weighted by molar-refractivity contribution is 6.22. The SMILES string of the molecule is CCCC1=C2[C@@H](CC/C(C)=C/c3cccc(O)c3)OC[C@@H]2[C@@H]2C(=O)N(c3ccccc3)C(=O)[C@@H]2C1. The number of rotatable bonds is 7. The third kappa shape index (κ3) is 4.45. The van der Waals surface area contributed by atoms with Crippen molar-refractivity contribution in [2.45, 2.75) is 52.1 Å². The van der Waals surface area contributed by atoms with Crippen molar-refractivity contribution >= 4 is 23.6 Å². The molecule has 0 radical (unpaired) electrons. The van der Waals surface area contributed by atoms with Gasteiger partial charge in [-0.25, -0.2) is 0 Å². The van der Waals surface area contributed by atoms with E-state index in [0.29, 0.717) is 18.7 Å². The average Bonchev–Trinajstić information content (AvgIpc) is 3.37. The van der Waals surface area contributed by atoms with Crippen LogP contribution < -0.4 is 4.90 Å². The van der Waals surface area contributed by atoms with Crippen molar-refractivity contribution in [3.63, 3.8) is 0 Å². The molecule has 35 heavy (non-hydrogen) atoms. The Balaban J connectivity index is 1.37. The van der Waals surface area contributed by atoms with Crippen LogP contribution in [-0.4, -0.2) is 29.6 Å². The molecule has 0 saturated carbocycles. The van der Waals surface area contributed by atoms with Crippen LogP contribution in [0.5, 0.6) is 5.75 Å². The number of carbonyl (C=O) groups excluding carboxylic acids is 2. The number of imide groups is 1. The summed E-state index contributed by atoms with van der Waals surface area (Å²) in [6.45, 7) is 4.77. The number of ether oxygens (including phenoxy) is 1. The molecule has 2 fully saturated rings. The molecule has 182 valence electrons. The van der Waals surface area contributed by atoms with Gasteiger partial charge in [-0.3, -0.25) is 14.5 Å². The molecule has 2 aromatic carbocycles. The second kappa shape index (κ2) is 9.82. The first-order chi connectivity index (χ1) is 17.0. The van der Waals surface area contributed by atoms with Gasteiger partial charge in [-0.05, 0) is 68.0 Å². The van der Waals surface area contributed by atoms with Crippen molar-refractivity contribution in [1.29, 1.82) is 0 Å². The standard InChI is InChI=1S/C30H33NO4/c1-3-8-21-17-24-28(30(34)31(29(24)33)22-10-5-4-6-11-22)25-18-35-26(27(21)25)14-13-19(2)15-20-9-7-12-23(32)16-20/h4-7,9-12,15-16,24-26,28,32H,3,8,13-14,17-18H2,1-2H3/b19-15+/t24-,25+,26-,28-/m1/s1.